The van der Waals surface area contributed by atoms with E-state index in [1.54, 1.807) is 6.33 Å². The summed E-state index contributed by atoms with van der Waals surface area (Å²) in [6.45, 7) is 1.26. The minimum absolute atomic E-state index is 0.231. The van der Waals surface area contributed by atoms with Crippen LogP contribution in [0.3, 0.4) is 0 Å². The molecular formula is C18H21F3N6. The molecular weight excluding hydrogens is 357 g/mol. The number of halogens is 3. The van der Waals surface area contributed by atoms with E-state index in [2.05, 4.69) is 25.3 Å². The molecule has 1 aliphatic heterocycles. The largest absolute Gasteiger partial charge is 0.433 e. The lowest BCUT2D eigenvalue weighted by Crippen LogP contribution is -2.39. The van der Waals surface area contributed by atoms with Crippen molar-refractivity contribution in [2.24, 2.45) is 0 Å². The summed E-state index contributed by atoms with van der Waals surface area (Å²) >= 11 is 0. The van der Waals surface area contributed by atoms with E-state index in [4.69, 9.17) is 0 Å². The van der Waals surface area contributed by atoms with Gasteiger partial charge in [-0.15, -0.1) is 0 Å². The van der Waals surface area contributed by atoms with E-state index in [0.717, 1.165) is 36.7 Å². The van der Waals surface area contributed by atoms with Crippen molar-refractivity contribution in [1.82, 2.24) is 19.9 Å². The first-order chi connectivity index (χ1) is 13.0. The Hall–Kier alpha value is -2.45. The van der Waals surface area contributed by atoms with Gasteiger partial charge in [0.15, 0.2) is 0 Å². The second-order valence-electron chi connectivity index (χ2n) is 7.12. The minimum atomic E-state index is -4.46. The monoisotopic (exact) mass is 378 g/mol. The van der Waals surface area contributed by atoms with Gasteiger partial charge in [-0.3, -0.25) is 0 Å². The van der Waals surface area contributed by atoms with Crippen LogP contribution >= 0.6 is 0 Å². The molecule has 6 nitrogen and oxygen atoms in total. The van der Waals surface area contributed by atoms with Gasteiger partial charge in [-0.05, 0) is 25.7 Å². The Kier molecular flexibility index (Phi) is 4.84. The number of anilines is 2. The van der Waals surface area contributed by atoms with Crippen molar-refractivity contribution in [1.29, 1.82) is 0 Å². The smallest absolute Gasteiger partial charge is 0.367 e. The molecule has 1 aliphatic carbocycles. The molecule has 0 bridgehead atoms. The van der Waals surface area contributed by atoms with Gasteiger partial charge in [0, 0.05) is 42.9 Å². The van der Waals surface area contributed by atoms with Crippen LogP contribution in [-0.2, 0) is 6.18 Å². The molecule has 0 spiro atoms. The first-order valence-corrected chi connectivity index (χ1v) is 9.22. The molecule has 1 saturated carbocycles. The summed E-state index contributed by atoms with van der Waals surface area (Å²) in [4.78, 5) is 17.9. The van der Waals surface area contributed by atoms with E-state index in [1.165, 1.54) is 19.3 Å². The van der Waals surface area contributed by atoms with Crippen LogP contribution in [-0.4, -0.2) is 39.1 Å². The molecule has 27 heavy (non-hydrogen) atoms. The van der Waals surface area contributed by atoms with Crippen molar-refractivity contribution in [2.45, 2.75) is 50.2 Å². The van der Waals surface area contributed by atoms with Gasteiger partial charge in [-0.1, -0.05) is 6.42 Å². The third kappa shape index (κ3) is 4.12. The van der Waals surface area contributed by atoms with Crippen molar-refractivity contribution in [3.05, 3.63) is 36.2 Å². The lowest BCUT2D eigenvalue weighted by atomic mass is 9.83. The van der Waals surface area contributed by atoms with Crippen molar-refractivity contribution in [3.63, 3.8) is 0 Å². The normalized spacial score (nSPS) is 19.0. The standard InChI is InChI=1S/C18H21F3N6/c19-18(20,21)15-9-17(25-11-23-15)27-6-4-13(5-7-27)26-16-8-14(22-10-24-16)12-2-1-3-12/h8-13H,1-7H2,(H,22,24,26). The third-order valence-corrected chi connectivity index (χ3v) is 5.33. The van der Waals surface area contributed by atoms with Gasteiger partial charge in [0.1, 0.15) is 30.0 Å². The highest BCUT2D eigenvalue weighted by molar-refractivity contribution is 5.42. The van der Waals surface area contributed by atoms with Crippen molar-refractivity contribution in [2.75, 3.05) is 23.3 Å². The van der Waals surface area contributed by atoms with E-state index in [-0.39, 0.29) is 6.04 Å². The fourth-order valence-corrected chi connectivity index (χ4v) is 3.52. The van der Waals surface area contributed by atoms with Gasteiger partial charge in [0.2, 0.25) is 0 Å². The summed E-state index contributed by atoms with van der Waals surface area (Å²) < 4.78 is 38.5. The zero-order chi connectivity index (χ0) is 18.9. The zero-order valence-corrected chi connectivity index (χ0v) is 14.8. The number of aromatic nitrogens is 4. The van der Waals surface area contributed by atoms with Gasteiger partial charge < -0.3 is 10.2 Å². The highest BCUT2D eigenvalue weighted by atomic mass is 19.4. The van der Waals surface area contributed by atoms with E-state index < -0.39 is 11.9 Å². The van der Waals surface area contributed by atoms with Crippen LogP contribution in [0.2, 0.25) is 0 Å². The highest BCUT2D eigenvalue weighted by Crippen LogP contribution is 2.35. The SMILES string of the molecule is FC(F)(F)c1cc(N2CCC(Nc3cc(C4CCC4)ncn3)CC2)ncn1. The van der Waals surface area contributed by atoms with Crippen LogP contribution in [0, 0.1) is 0 Å². The predicted octanol–water partition coefficient (Wildman–Crippen LogP) is 3.63. The quantitative estimate of drug-likeness (QED) is 0.876. The molecule has 144 valence electrons. The van der Waals surface area contributed by atoms with Crippen molar-refractivity contribution in [3.8, 4) is 0 Å². The molecule has 2 aromatic rings. The molecule has 0 radical (unpaired) electrons. The Balaban J connectivity index is 1.35. The predicted molar refractivity (Wildman–Crippen MR) is 94.5 cm³/mol. The van der Waals surface area contributed by atoms with E-state index in [1.807, 2.05) is 11.0 Å². The third-order valence-electron chi connectivity index (χ3n) is 5.33. The molecule has 0 aromatic carbocycles. The number of hydrogen-bond donors (Lipinski definition) is 1. The lowest BCUT2D eigenvalue weighted by molar-refractivity contribution is -0.141. The van der Waals surface area contributed by atoms with Crippen LogP contribution in [0.25, 0.3) is 0 Å². The van der Waals surface area contributed by atoms with Gasteiger partial charge in [0.05, 0.1) is 0 Å². The van der Waals surface area contributed by atoms with Crippen molar-refractivity contribution >= 4 is 11.6 Å². The summed E-state index contributed by atoms with van der Waals surface area (Å²) in [6, 6.07) is 3.27. The Morgan fingerprint density at radius 3 is 2.33 bits per heavy atom. The van der Waals surface area contributed by atoms with Gasteiger partial charge in [0.25, 0.3) is 0 Å². The van der Waals surface area contributed by atoms with Gasteiger partial charge >= 0.3 is 6.18 Å². The fraction of sp³-hybridized carbons (Fsp3) is 0.556. The molecule has 1 saturated heterocycles. The maximum atomic E-state index is 12.8. The highest BCUT2D eigenvalue weighted by Gasteiger charge is 2.33. The first-order valence-electron chi connectivity index (χ1n) is 9.22. The fourth-order valence-electron chi connectivity index (χ4n) is 3.52. The van der Waals surface area contributed by atoms with Crippen LogP contribution < -0.4 is 10.2 Å². The average molecular weight is 378 g/mol. The van der Waals surface area contributed by atoms with E-state index >= 15 is 0 Å². The first kappa shape index (κ1) is 17.9. The summed E-state index contributed by atoms with van der Waals surface area (Å²) in [6.07, 6.45) is 3.36. The number of hydrogen-bond acceptors (Lipinski definition) is 6. The molecule has 9 heteroatoms. The Morgan fingerprint density at radius 1 is 0.926 bits per heavy atom. The summed E-state index contributed by atoms with van der Waals surface area (Å²) in [5.74, 6) is 1.70. The lowest BCUT2D eigenvalue weighted by Gasteiger charge is -2.33. The molecule has 0 amide bonds. The Bertz CT molecular complexity index is 785. The van der Waals surface area contributed by atoms with Crippen molar-refractivity contribution < 1.29 is 13.2 Å². The molecule has 2 fully saturated rings. The Morgan fingerprint density at radius 2 is 1.67 bits per heavy atom. The molecule has 1 N–H and O–H groups in total. The van der Waals surface area contributed by atoms with Gasteiger partial charge in [-0.25, -0.2) is 19.9 Å². The maximum absolute atomic E-state index is 12.8. The summed E-state index contributed by atoms with van der Waals surface area (Å²) in [5, 5.41) is 3.44. The average Bonchev–Trinajstić information content (AvgIpc) is 2.61. The van der Waals surface area contributed by atoms with Crippen LogP contribution in [0.1, 0.15) is 49.4 Å². The van der Waals surface area contributed by atoms with Gasteiger partial charge in [-0.2, -0.15) is 13.2 Å². The topological polar surface area (TPSA) is 66.8 Å². The van der Waals surface area contributed by atoms with Crippen LogP contribution in [0.4, 0.5) is 24.8 Å². The molecule has 4 rings (SSSR count). The molecule has 2 aliphatic rings. The number of nitrogens with zero attached hydrogens (tertiary/aromatic N) is 5. The Labute approximate surface area is 155 Å². The number of alkyl halides is 3. The molecule has 0 unspecified atom stereocenters. The van der Waals surface area contributed by atoms with Crippen LogP contribution in [0.5, 0.6) is 0 Å². The maximum Gasteiger partial charge on any atom is 0.433 e. The minimum Gasteiger partial charge on any atom is -0.367 e. The second kappa shape index (κ2) is 7.28. The summed E-state index contributed by atoms with van der Waals surface area (Å²) in [7, 11) is 0. The van der Waals surface area contributed by atoms with E-state index in [0.29, 0.717) is 24.8 Å². The zero-order valence-electron chi connectivity index (χ0n) is 14.8. The number of rotatable bonds is 4. The molecule has 3 heterocycles. The second-order valence-corrected chi connectivity index (χ2v) is 7.12. The molecule has 2 aromatic heterocycles. The van der Waals surface area contributed by atoms with E-state index in [9.17, 15) is 13.2 Å². The number of nitrogens with one attached hydrogen (secondary N) is 1. The van der Waals surface area contributed by atoms with Crippen LogP contribution in [0.15, 0.2) is 24.8 Å². The number of piperidine rings is 1. The molecule has 0 atom stereocenters. The summed E-state index contributed by atoms with van der Waals surface area (Å²) in [5.41, 5.74) is 0.189.